The van der Waals surface area contributed by atoms with E-state index in [1.165, 1.54) is 0 Å². The number of hydrogen-bond acceptors (Lipinski definition) is 2. The van der Waals surface area contributed by atoms with Gasteiger partial charge in [0.05, 0.1) is 13.0 Å². The van der Waals surface area contributed by atoms with Crippen LogP contribution in [0.25, 0.3) is 0 Å². The van der Waals surface area contributed by atoms with E-state index in [9.17, 15) is 4.79 Å². The van der Waals surface area contributed by atoms with Crippen molar-refractivity contribution < 1.29 is 9.53 Å². The van der Waals surface area contributed by atoms with E-state index in [0.29, 0.717) is 13.0 Å². The van der Waals surface area contributed by atoms with Crippen LogP contribution in [0.4, 0.5) is 5.69 Å². The third-order valence-electron chi connectivity index (χ3n) is 2.85. The Labute approximate surface area is 113 Å². The van der Waals surface area contributed by atoms with Crippen molar-refractivity contribution in [3.8, 4) is 5.75 Å². The Hall–Kier alpha value is -2.29. The molecule has 0 radical (unpaired) electrons. The topological polar surface area (TPSA) is 29.5 Å². The molecule has 0 unspecified atom stereocenters. The number of nitrogens with zero attached hydrogens (tertiary/aromatic N) is 1. The van der Waals surface area contributed by atoms with Crippen molar-refractivity contribution in [2.24, 2.45) is 0 Å². The summed E-state index contributed by atoms with van der Waals surface area (Å²) in [5.41, 5.74) is 0.896. The summed E-state index contributed by atoms with van der Waals surface area (Å²) in [6.45, 7) is 0.389. The first kappa shape index (κ1) is 13.1. The first-order valence-corrected chi connectivity index (χ1v) is 6.27. The number of rotatable bonds is 5. The second kappa shape index (κ2) is 6.59. The van der Waals surface area contributed by atoms with Crippen molar-refractivity contribution in [1.29, 1.82) is 0 Å². The zero-order chi connectivity index (χ0) is 13.5. The third kappa shape index (κ3) is 3.85. The van der Waals surface area contributed by atoms with Crippen LogP contribution >= 0.6 is 0 Å². The van der Waals surface area contributed by atoms with E-state index in [4.69, 9.17) is 4.74 Å². The van der Waals surface area contributed by atoms with Gasteiger partial charge in [-0.3, -0.25) is 4.79 Å². The highest BCUT2D eigenvalue weighted by Gasteiger charge is 2.10. The van der Waals surface area contributed by atoms with E-state index in [-0.39, 0.29) is 5.91 Å². The summed E-state index contributed by atoms with van der Waals surface area (Å²) in [4.78, 5) is 13.6. The van der Waals surface area contributed by atoms with Gasteiger partial charge in [-0.05, 0) is 24.3 Å². The summed E-state index contributed by atoms with van der Waals surface area (Å²) in [5, 5.41) is 0. The van der Waals surface area contributed by atoms with Gasteiger partial charge in [0.25, 0.3) is 0 Å². The molecule has 0 spiro atoms. The van der Waals surface area contributed by atoms with Gasteiger partial charge in [0.2, 0.25) is 5.91 Å². The molecule has 3 nitrogen and oxygen atoms in total. The molecule has 0 fully saturated rings. The van der Waals surface area contributed by atoms with Crippen molar-refractivity contribution in [2.45, 2.75) is 6.42 Å². The lowest BCUT2D eigenvalue weighted by molar-refractivity contribution is -0.118. The second-order valence-corrected chi connectivity index (χ2v) is 4.20. The lowest BCUT2D eigenvalue weighted by atomic mass is 10.3. The van der Waals surface area contributed by atoms with Gasteiger partial charge >= 0.3 is 0 Å². The predicted molar refractivity (Wildman–Crippen MR) is 76.4 cm³/mol. The zero-order valence-electron chi connectivity index (χ0n) is 11.0. The summed E-state index contributed by atoms with van der Waals surface area (Å²) in [7, 11) is 1.78. The lowest BCUT2D eigenvalue weighted by Gasteiger charge is -2.17. The Morgan fingerprint density at radius 3 is 2.21 bits per heavy atom. The fourth-order valence-corrected chi connectivity index (χ4v) is 1.74. The molecule has 0 aliphatic carbocycles. The third-order valence-corrected chi connectivity index (χ3v) is 2.85. The molecule has 0 saturated carbocycles. The van der Waals surface area contributed by atoms with E-state index < -0.39 is 0 Å². The molecule has 1 amide bonds. The van der Waals surface area contributed by atoms with E-state index >= 15 is 0 Å². The SMILES string of the molecule is CN(C(=O)CCOc1ccccc1)c1ccccc1. The Morgan fingerprint density at radius 1 is 1.00 bits per heavy atom. The largest absolute Gasteiger partial charge is 0.493 e. The number of anilines is 1. The number of hydrogen-bond donors (Lipinski definition) is 0. The van der Waals surface area contributed by atoms with Crippen LogP contribution in [0, 0.1) is 0 Å². The van der Waals surface area contributed by atoms with E-state index in [2.05, 4.69) is 0 Å². The van der Waals surface area contributed by atoms with E-state index in [1.54, 1.807) is 11.9 Å². The van der Waals surface area contributed by atoms with Crippen molar-refractivity contribution in [3.63, 3.8) is 0 Å². The van der Waals surface area contributed by atoms with Crippen LogP contribution in [0.15, 0.2) is 60.7 Å². The molecule has 2 aromatic carbocycles. The first-order chi connectivity index (χ1) is 9.27. The molecule has 0 aromatic heterocycles. The highest BCUT2D eigenvalue weighted by molar-refractivity contribution is 5.92. The van der Waals surface area contributed by atoms with Gasteiger partial charge in [0, 0.05) is 12.7 Å². The van der Waals surface area contributed by atoms with Crippen LogP contribution in [-0.4, -0.2) is 19.6 Å². The lowest BCUT2D eigenvalue weighted by Crippen LogP contribution is -2.27. The monoisotopic (exact) mass is 255 g/mol. The van der Waals surface area contributed by atoms with Gasteiger partial charge in [0.15, 0.2) is 0 Å². The van der Waals surface area contributed by atoms with Crippen molar-refractivity contribution >= 4 is 11.6 Å². The normalized spacial score (nSPS) is 9.95. The standard InChI is InChI=1S/C16H17NO2/c1-17(14-8-4-2-5-9-14)16(18)12-13-19-15-10-6-3-7-11-15/h2-11H,12-13H2,1H3. The summed E-state index contributed by atoms with van der Waals surface area (Å²) in [6, 6.07) is 19.1. The minimum Gasteiger partial charge on any atom is -0.493 e. The highest BCUT2D eigenvalue weighted by Crippen LogP contribution is 2.13. The molecule has 19 heavy (non-hydrogen) atoms. The smallest absolute Gasteiger partial charge is 0.230 e. The molecule has 3 heteroatoms. The molecule has 98 valence electrons. The number of ether oxygens (including phenoxy) is 1. The molecular formula is C16H17NO2. The fourth-order valence-electron chi connectivity index (χ4n) is 1.74. The second-order valence-electron chi connectivity index (χ2n) is 4.20. The maximum Gasteiger partial charge on any atom is 0.230 e. The summed E-state index contributed by atoms with van der Waals surface area (Å²) >= 11 is 0. The fraction of sp³-hybridized carbons (Fsp3) is 0.188. The van der Waals surface area contributed by atoms with Crippen LogP contribution < -0.4 is 9.64 Å². The molecular weight excluding hydrogens is 238 g/mol. The van der Waals surface area contributed by atoms with Gasteiger partial charge in [-0.2, -0.15) is 0 Å². The van der Waals surface area contributed by atoms with E-state index in [0.717, 1.165) is 11.4 Å². The molecule has 2 aromatic rings. The minimum absolute atomic E-state index is 0.0436. The quantitative estimate of drug-likeness (QED) is 0.821. The molecule has 0 bridgehead atoms. The Balaban J connectivity index is 1.82. The summed E-state index contributed by atoms with van der Waals surface area (Å²) in [6.07, 6.45) is 0.361. The number of amides is 1. The van der Waals surface area contributed by atoms with Crippen LogP contribution in [0.3, 0.4) is 0 Å². The molecule has 2 rings (SSSR count). The van der Waals surface area contributed by atoms with Gasteiger partial charge in [-0.1, -0.05) is 36.4 Å². The number of carbonyl (C=O) groups excluding carboxylic acids is 1. The number of benzene rings is 2. The molecule has 0 aliphatic rings. The van der Waals surface area contributed by atoms with Gasteiger partial charge < -0.3 is 9.64 Å². The van der Waals surface area contributed by atoms with Crippen LogP contribution in [0.1, 0.15) is 6.42 Å². The van der Waals surface area contributed by atoms with Gasteiger partial charge in [-0.15, -0.1) is 0 Å². The zero-order valence-corrected chi connectivity index (χ0v) is 11.0. The van der Waals surface area contributed by atoms with Crippen LogP contribution in [-0.2, 0) is 4.79 Å². The Kier molecular flexibility index (Phi) is 4.56. The predicted octanol–water partition coefficient (Wildman–Crippen LogP) is 3.12. The minimum atomic E-state index is 0.0436. The van der Waals surface area contributed by atoms with E-state index in [1.807, 2.05) is 60.7 Å². The highest BCUT2D eigenvalue weighted by atomic mass is 16.5. The Bertz CT molecular complexity index is 511. The molecule has 0 N–H and O–H groups in total. The first-order valence-electron chi connectivity index (χ1n) is 6.27. The summed E-state index contributed by atoms with van der Waals surface area (Å²) < 4.78 is 5.52. The van der Waals surface area contributed by atoms with Gasteiger partial charge in [-0.25, -0.2) is 0 Å². The molecule has 0 saturated heterocycles. The van der Waals surface area contributed by atoms with Crippen molar-refractivity contribution in [3.05, 3.63) is 60.7 Å². The Morgan fingerprint density at radius 2 is 1.58 bits per heavy atom. The summed E-state index contributed by atoms with van der Waals surface area (Å²) in [5.74, 6) is 0.833. The average Bonchev–Trinajstić information content (AvgIpc) is 2.48. The van der Waals surface area contributed by atoms with Crippen molar-refractivity contribution in [2.75, 3.05) is 18.6 Å². The maximum atomic E-state index is 12.0. The number of para-hydroxylation sites is 2. The maximum absolute atomic E-state index is 12.0. The van der Waals surface area contributed by atoms with Gasteiger partial charge in [0.1, 0.15) is 5.75 Å². The van der Waals surface area contributed by atoms with Crippen LogP contribution in [0.5, 0.6) is 5.75 Å². The van der Waals surface area contributed by atoms with Crippen molar-refractivity contribution in [1.82, 2.24) is 0 Å². The van der Waals surface area contributed by atoms with Crippen LogP contribution in [0.2, 0.25) is 0 Å². The molecule has 0 heterocycles. The molecule has 0 atom stereocenters. The average molecular weight is 255 g/mol. The number of carbonyl (C=O) groups is 1. The molecule has 0 aliphatic heterocycles.